The summed E-state index contributed by atoms with van der Waals surface area (Å²) in [5.74, 6) is -1.13. The second kappa shape index (κ2) is 6.41. The van der Waals surface area contributed by atoms with Crippen LogP contribution >= 0.6 is 11.3 Å². The molecule has 25 heavy (non-hydrogen) atoms. The number of nitrogens with one attached hydrogen (secondary N) is 1. The van der Waals surface area contributed by atoms with Gasteiger partial charge in [0.25, 0.3) is 5.91 Å². The SMILES string of the molecule is O=C(Nc1ccc(-c2nc3ccccc3s2)cc1)c1cccc(F)n1. The molecule has 4 nitrogen and oxygen atoms in total. The van der Waals surface area contributed by atoms with Gasteiger partial charge in [-0.25, -0.2) is 9.97 Å². The highest BCUT2D eigenvalue weighted by atomic mass is 32.1. The average Bonchev–Trinajstić information content (AvgIpc) is 3.06. The van der Waals surface area contributed by atoms with Crippen LogP contribution in [0.5, 0.6) is 0 Å². The van der Waals surface area contributed by atoms with Crippen molar-refractivity contribution in [3.8, 4) is 10.6 Å². The summed E-state index contributed by atoms with van der Waals surface area (Å²) >= 11 is 1.62. The van der Waals surface area contributed by atoms with E-state index in [2.05, 4.69) is 15.3 Å². The molecule has 4 rings (SSSR count). The number of amides is 1. The van der Waals surface area contributed by atoms with Crippen LogP contribution in [0.1, 0.15) is 10.5 Å². The molecule has 0 spiro atoms. The first-order valence-electron chi connectivity index (χ1n) is 7.59. The molecular formula is C19H12FN3OS. The molecule has 0 atom stereocenters. The first kappa shape index (κ1) is 15.4. The first-order valence-corrected chi connectivity index (χ1v) is 8.41. The Morgan fingerprint density at radius 2 is 1.72 bits per heavy atom. The molecule has 0 aliphatic rings. The molecule has 2 aromatic heterocycles. The van der Waals surface area contributed by atoms with Crippen LogP contribution in [0, 0.1) is 5.95 Å². The van der Waals surface area contributed by atoms with Crippen molar-refractivity contribution in [2.45, 2.75) is 0 Å². The quantitative estimate of drug-likeness (QED) is 0.543. The van der Waals surface area contributed by atoms with Gasteiger partial charge in [0.05, 0.1) is 10.2 Å². The van der Waals surface area contributed by atoms with Gasteiger partial charge in [-0.3, -0.25) is 4.79 Å². The molecule has 0 fully saturated rings. The molecular weight excluding hydrogens is 337 g/mol. The van der Waals surface area contributed by atoms with E-state index in [0.29, 0.717) is 5.69 Å². The fraction of sp³-hybridized carbons (Fsp3) is 0. The predicted molar refractivity (Wildman–Crippen MR) is 97.2 cm³/mol. The lowest BCUT2D eigenvalue weighted by Crippen LogP contribution is -2.14. The third kappa shape index (κ3) is 3.25. The van der Waals surface area contributed by atoms with Crippen molar-refractivity contribution in [1.29, 1.82) is 0 Å². The molecule has 0 bridgehead atoms. The fourth-order valence-corrected chi connectivity index (χ4v) is 3.39. The average molecular weight is 349 g/mol. The number of para-hydroxylation sites is 1. The molecule has 6 heteroatoms. The molecule has 0 aliphatic heterocycles. The summed E-state index contributed by atoms with van der Waals surface area (Å²) in [5, 5.41) is 3.63. The first-order chi connectivity index (χ1) is 12.2. The van der Waals surface area contributed by atoms with Crippen LogP contribution in [0.25, 0.3) is 20.8 Å². The zero-order valence-electron chi connectivity index (χ0n) is 12.9. The number of thiazole rings is 1. The molecule has 0 unspecified atom stereocenters. The van der Waals surface area contributed by atoms with Gasteiger partial charge in [0.2, 0.25) is 5.95 Å². The monoisotopic (exact) mass is 349 g/mol. The number of aromatic nitrogens is 2. The van der Waals surface area contributed by atoms with Crippen molar-refractivity contribution in [3.63, 3.8) is 0 Å². The lowest BCUT2D eigenvalue weighted by molar-refractivity contribution is 0.102. The van der Waals surface area contributed by atoms with Crippen LogP contribution in [-0.4, -0.2) is 15.9 Å². The lowest BCUT2D eigenvalue weighted by atomic mass is 10.2. The fourth-order valence-electron chi connectivity index (χ4n) is 2.42. The Kier molecular flexibility index (Phi) is 3.95. The molecule has 4 aromatic rings. The second-order valence-electron chi connectivity index (χ2n) is 5.36. The van der Waals surface area contributed by atoms with Crippen molar-refractivity contribution in [1.82, 2.24) is 9.97 Å². The van der Waals surface area contributed by atoms with Crippen molar-refractivity contribution >= 4 is 33.1 Å². The Morgan fingerprint density at radius 3 is 2.48 bits per heavy atom. The van der Waals surface area contributed by atoms with Crippen molar-refractivity contribution in [2.75, 3.05) is 5.32 Å². The van der Waals surface area contributed by atoms with Crippen molar-refractivity contribution < 1.29 is 9.18 Å². The van der Waals surface area contributed by atoms with E-state index in [4.69, 9.17) is 0 Å². The molecule has 2 heterocycles. The summed E-state index contributed by atoms with van der Waals surface area (Å²) in [6.07, 6.45) is 0. The largest absolute Gasteiger partial charge is 0.321 e. The molecule has 0 saturated carbocycles. The molecule has 1 N–H and O–H groups in total. The molecule has 0 aliphatic carbocycles. The minimum absolute atomic E-state index is 0.0373. The molecule has 1 amide bonds. The Balaban J connectivity index is 1.54. The highest BCUT2D eigenvalue weighted by Crippen LogP contribution is 2.30. The number of rotatable bonds is 3. The standard InChI is InChI=1S/C19H12FN3OS/c20-17-7-3-5-15(22-17)18(24)21-13-10-8-12(9-11-13)19-23-14-4-1-2-6-16(14)25-19/h1-11H,(H,21,24). The molecule has 2 aromatic carbocycles. The van der Waals surface area contributed by atoms with E-state index in [-0.39, 0.29) is 5.69 Å². The number of benzene rings is 2. The van der Waals surface area contributed by atoms with Crippen LogP contribution in [0.15, 0.2) is 66.7 Å². The molecule has 122 valence electrons. The van der Waals surface area contributed by atoms with Crippen LogP contribution in [0.3, 0.4) is 0 Å². The number of halogens is 1. The Hall–Kier alpha value is -3.12. The summed E-state index contributed by atoms with van der Waals surface area (Å²) in [6, 6.07) is 19.5. The number of anilines is 1. The maximum Gasteiger partial charge on any atom is 0.274 e. The lowest BCUT2D eigenvalue weighted by Gasteiger charge is -2.05. The number of carbonyl (C=O) groups excluding carboxylic acids is 1. The van der Waals surface area contributed by atoms with E-state index in [1.165, 1.54) is 18.2 Å². The third-order valence-corrected chi connectivity index (χ3v) is 4.72. The van der Waals surface area contributed by atoms with E-state index in [0.717, 1.165) is 20.8 Å². The van der Waals surface area contributed by atoms with Gasteiger partial charge in [-0.1, -0.05) is 18.2 Å². The number of carbonyl (C=O) groups is 1. The zero-order valence-corrected chi connectivity index (χ0v) is 13.8. The highest BCUT2D eigenvalue weighted by molar-refractivity contribution is 7.21. The summed E-state index contributed by atoms with van der Waals surface area (Å²) in [7, 11) is 0. The summed E-state index contributed by atoms with van der Waals surface area (Å²) in [4.78, 5) is 20.3. The van der Waals surface area contributed by atoms with E-state index < -0.39 is 11.9 Å². The minimum atomic E-state index is -0.682. The summed E-state index contributed by atoms with van der Waals surface area (Å²) < 4.78 is 14.2. The Bertz CT molecular complexity index is 1030. The number of pyridine rings is 1. The zero-order chi connectivity index (χ0) is 17.2. The number of fused-ring (bicyclic) bond motifs is 1. The van der Waals surface area contributed by atoms with Gasteiger partial charge in [0.1, 0.15) is 10.7 Å². The summed E-state index contributed by atoms with van der Waals surface area (Å²) in [6.45, 7) is 0. The van der Waals surface area contributed by atoms with Crippen LogP contribution < -0.4 is 5.32 Å². The molecule has 0 radical (unpaired) electrons. The van der Waals surface area contributed by atoms with Crippen molar-refractivity contribution in [3.05, 3.63) is 78.4 Å². The van der Waals surface area contributed by atoms with E-state index >= 15 is 0 Å². The van der Waals surface area contributed by atoms with E-state index in [1.54, 1.807) is 23.5 Å². The van der Waals surface area contributed by atoms with Crippen LogP contribution in [-0.2, 0) is 0 Å². The third-order valence-electron chi connectivity index (χ3n) is 3.63. The van der Waals surface area contributed by atoms with Gasteiger partial charge >= 0.3 is 0 Å². The van der Waals surface area contributed by atoms with Gasteiger partial charge in [-0.2, -0.15) is 4.39 Å². The van der Waals surface area contributed by atoms with Gasteiger partial charge in [0, 0.05) is 11.3 Å². The smallest absolute Gasteiger partial charge is 0.274 e. The maximum absolute atomic E-state index is 13.1. The minimum Gasteiger partial charge on any atom is -0.321 e. The van der Waals surface area contributed by atoms with Crippen LogP contribution in [0.4, 0.5) is 10.1 Å². The topological polar surface area (TPSA) is 54.9 Å². The van der Waals surface area contributed by atoms with Gasteiger partial charge < -0.3 is 5.32 Å². The number of hydrogen-bond donors (Lipinski definition) is 1. The second-order valence-corrected chi connectivity index (χ2v) is 6.39. The van der Waals surface area contributed by atoms with Crippen molar-refractivity contribution in [2.24, 2.45) is 0 Å². The van der Waals surface area contributed by atoms with E-state index in [9.17, 15) is 9.18 Å². The molecule has 0 saturated heterocycles. The van der Waals surface area contributed by atoms with Gasteiger partial charge in [0.15, 0.2) is 0 Å². The maximum atomic E-state index is 13.1. The predicted octanol–water partition coefficient (Wildman–Crippen LogP) is 4.75. The van der Waals surface area contributed by atoms with E-state index in [1.807, 2.05) is 36.4 Å². The van der Waals surface area contributed by atoms with Crippen LogP contribution in [0.2, 0.25) is 0 Å². The summed E-state index contributed by atoms with van der Waals surface area (Å²) in [5.41, 5.74) is 2.59. The Labute approximate surface area is 147 Å². The number of nitrogens with zero attached hydrogens (tertiary/aromatic N) is 2. The number of hydrogen-bond acceptors (Lipinski definition) is 4. The highest BCUT2D eigenvalue weighted by Gasteiger charge is 2.10. The normalized spacial score (nSPS) is 10.8. The Morgan fingerprint density at radius 1 is 0.920 bits per heavy atom. The van der Waals surface area contributed by atoms with Gasteiger partial charge in [-0.15, -0.1) is 11.3 Å². The van der Waals surface area contributed by atoms with Gasteiger partial charge in [-0.05, 0) is 48.5 Å².